The van der Waals surface area contributed by atoms with Crippen molar-refractivity contribution in [1.29, 1.82) is 0 Å². The van der Waals surface area contributed by atoms with Gasteiger partial charge in [-0.15, -0.1) is 0 Å². The molecule has 0 saturated carbocycles. The van der Waals surface area contributed by atoms with Crippen LogP contribution in [0.5, 0.6) is 0 Å². The van der Waals surface area contributed by atoms with Crippen molar-refractivity contribution in [2.75, 3.05) is 19.3 Å². The first-order valence-corrected chi connectivity index (χ1v) is 6.71. The normalized spacial score (nSPS) is 27.3. The van der Waals surface area contributed by atoms with Crippen molar-refractivity contribution >= 4 is 32.9 Å². The first kappa shape index (κ1) is 10.7. The summed E-state index contributed by atoms with van der Waals surface area (Å²) in [6, 6.07) is 0.102. The summed E-state index contributed by atoms with van der Waals surface area (Å²) in [5, 5.41) is 0. The highest BCUT2D eigenvalue weighted by atomic mass is 127. The highest BCUT2D eigenvalue weighted by Gasteiger charge is 2.20. The molecule has 0 aromatic carbocycles. The maximum atomic E-state index is 10.9. The van der Waals surface area contributed by atoms with E-state index in [1.807, 2.05) is 0 Å². The molecule has 0 amide bonds. The van der Waals surface area contributed by atoms with Crippen molar-refractivity contribution in [2.24, 2.45) is 0 Å². The molecule has 0 aromatic heterocycles. The standard InChI is InChI=1S/C6H13IN2O2S/c1-12(10,11)8-6-3-2-4-9(7)5-6/h6,8H,2-5H2,1H3. The van der Waals surface area contributed by atoms with E-state index in [-0.39, 0.29) is 6.04 Å². The number of hydrogen-bond donors (Lipinski definition) is 1. The predicted molar refractivity (Wildman–Crippen MR) is 56.6 cm³/mol. The second-order valence-corrected chi connectivity index (χ2v) is 6.24. The van der Waals surface area contributed by atoms with Crippen molar-refractivity contribution in [3.05, 3.63) is 0 Å². The van der Waals surface area contributed by atoms with Crippen LogP contribution in [0, 0.1) is 0 Å². The summed E-state index contributed by atoms with van der Waals surface area (Å²) in [5.74, 6) is 0. The fourth-order valence-corrected chi connectivity index (χ4v) is 2.94. The van der Waals surface area contributed by atoms with E-state index in [1.165, 1.54) is 6.26 Å². The van der Waals surface area contributed by atoms with Crippen molar-refractivity contribution in [2.45, 2.75) is 18.9 Å². The summed E-state index contributed by atoms with van der Waals surface area (Å²) in [7, 11) is -3.03. The molecule has 1 saturated heterocycles. The van der Waals surface area contributed by atoms with Gasteiger partial charge in [0.25, 0.3) is 0 Å². The smallest absolute Gasteiger partial charge is 0.208 e. The minimum atomic E-state index is -3.03. The predicted octanol–water partition coefficient (Wildman–Crippen LogP) is 0.350. The van der Waals surface area contributed by atoms with E-state index < -0.39 is 10.0 Å². The molecule has 1 aliphatic rings. The van der Waals surface area contributed by atoms with Crippen LogP contribution in [-0.2, 0) is 10.0 Å². The molecule has 1 heterocycles. The van der Waals surface area contributed by atoms with E-state index in [4.69, 9.17) is 0 Å². The second kappa shape index (κ2) is 4.21. The van der Waals surface area contributed by atoms with Crippen LogP contribution in [0.3, 0.4) is 0 Å². The van der Waals surface area contributed by atoms with Gasteiger partial charge in [-0.05, 0) is 12.8 Å². The van der Waals surface area contributed by atoms with Gasteiger partial charge >= 0.3 is 0 Å². The summed E-state index contributed by atoms with van der Waals surface area (Å²) in [6.07, 6.45) is 3.22. The average molecular weight is 304 g/mol. The van der Waals surface area contributed by atoms with Crippen molar-refractivity contribution in [3.8, 4) is 0 Å². The monoisotopic (exact) mass is 304 g/mol. The Kier molecular flexibility index (Phi) is 3.74. The van der Waals surface area contributed by atoms with E-state index in [0.717, 1.165) is 25.9 Å². The van der Waals surface area contributed by atoms with E-state index in [0.29, 0.717) is 0 Å². The van der Waals surface area contributed by atoms with Gasteiger partial charge in [-0.1, -0.05) is 0 Å². The largest absolute Gasteiger partial charge is 0.246 e. The van der Waals surface area contributed by atoms with Gasteiger partial charge in [0.2, 0.25) is 10.0 Å². The van der Waals surface area contributed by atoms with Crippen LogP contribution in [0.2, 0.25) is 0 Å². The maximum absolute atomic E-state index is 10.9. The summed E-state index contributed by atoms with van der Waals surface area (Å²) >= 11 is 2.22. The molecular formula is C6H13IN2O2S. The molecule has 0 aromatic rings. The zero-order valence-electron chi connectivity index (χ0n) is 6.96. The van der Waals surface area contributed by atoms with Gasteiger partial charge in [-0.25, -0.2) is 16.3 Å². The molecule has 1 unspecified atom stereocenters. The van der Waals surface area contributed by atoms with Crippen LogP contribution in [-0.4, -0.2) is 36.9 Å². The number of nitrogens with one attached hydrogen (secondary N) is 1. The second-order valence-electron chi connectivity index (χ2n) is 3.10. The molecule has 1 N–H and O–H groups in total. The van der Waals surface area contributed by atoms with E-state index >= 15 is 0 Å². The Bertz CT molecular complexity index is 242. The third-order valence-corrected chi connectivity index (χ3v) is 3.39. The van der Waals surface area contributed by atoms with Crippen LogP contribution in [0.1, 0.15) is 12.8 Å². The molecule has 1 atom stereocenters. The van der Waals surface area contributed by atoms with Crippen LogP contribution in [0.15, 0.2) is 0 Å². The van der Waals surface area contributed by atoms with Crippen LogP contribution in [0.25, 0.3) is 0 Å². The van der Waals surface area contributed by atoms with Crippen molar-refractivity contribution < 1.29 is 8.42 Å². The molecule has 12 heavy (non-hydrogen) atoms. The summed E-state index contributed by atoms with van der Waals surface area (Å²) in [4.78, 5) is 0. The Morgan fingerprint density at radius 2 is 2.25 bits per heavy atom. The molecule has 1 fully saturated rings. The third kappa shape index (κ3) is 4.01. The van der Waals surface area contributed by atoms with E-state index in [2.05, 4.69) is 30.7 Å². The lowest BCUT2D eigenvalue weighted by molar-refractivity contribution is 0.348. The fraction of sp³-hybridized carbons (Fsp3) is 1.00. The lowest BCUT2D eigenvalue weighted by atomic mass is 10.1. The minimum Gasteiger partial charge on any atom is -0.246 e. The van der Waals surface area contributed by atoms with Crippen LogP contribution < -0.4 is 4.72 Å². The zero-order chi connectivity index (χ0) is 9.19. The summed E-state index contributed by atoms with van der Waals surface area (Å²) < 4.78 is 26.5. The topological polar surface area (TPSA) is 49.4 Å². The molecule has 0 radical (unpaired) electrons. The highest BCUT2D eigenvalue weighted by Crippen LogP contribution is 2.13. The van der Waals surface area contributed by atoms with Gasteiger partial charge in [0.1, 0.15) is 0 Å². The van der Waals surface area contributed by atoms with Gasteiger partial charge in [0.05, 0.1) is 6.26 Å². The fourth-order valence-electron chi connectivity index (χ4n) is 1.33. The Hall–Kier alpha value is 0.600. The zero-order valence-corrected chi connectivity index (χ0v) is 9.93. The molecule has 6 heteroatoms. The number of nitrogens with zero attached hydrogens (tertiary/aromatic N) is 1. The lowest BCUT2D eigenvalue weighted by Gasteiger charge is -2.27. The van der Waals surface area contributed by atoms with E-state index in [9.17, 15) is 8.42 Å². The lowest BCUT2D eigenvalue weighted by Crippen LogP contribution is -2.44. The van der Waals surface area contributed by atoms with Gasteiger partial charge in [-0.2, -0.15) is 0 Å². The van der Waals surface area contributed by atoms with Crippen molar-refractivity contribution in [1.82, 2.24) is 7.84 Å². The molecular weight excluding hydrogens is 291 g/mol. The number of halogens is 1. The minimum absolute atomic E-state index is 0.102. The number of sulfonamides is 1. The molecule has 72 valence electrons. The summed E-state index contributed by atoms with van der Waals surface area (Å²) in [5.41, 5.74) is 0. The van der Waals surface area contributed by atoms with Gasteiger partial charge in [-0.3, -0.25) is 0 Å². The van der Waals surface area contributed by atoms with Crippen LogP contribution in [0.4, 0.5) is 0 Å². The SMILES string of the molecule is CS(=O)(=O)NC1CCCN(I)C1. The first-order chi connectivity index (χ1) is 5.47. The number of hydrogen-bond acceptors (Lipinski definition) is 3. The molecule has 1 aliphatic heterocycles. The quantitative estimate of drug-likeness (QED) is 0.592. The molecule has 0 aliphatic carbocycles. The van der Waals surface area contributed by atoms with Crippen LogP contribution >= 0.6 is 22.9 Å². The molecule has 4 nitrogen and oxygen atoms in total. The number of rotatable bonds is 2. The summed E-state index contributed by atoms with van der Waals surface area (Å²) in [6.45, 7) is 1.87. The molecule has 0 spiro atoms. The molecule has 1 rings (SSSR count). The van der Waals surface area contributed by atoms with Gasteiger partial charge < -0.3 is 0 Å². The van der Waals surface area contributed by atoms with Gasteiger partial charge in [0.15, 0.2) is 0 Å². The van der Waals surface area contributed by atoms with E-state index in [1.54, 1.807) is 0 Å². The molecule has 0 bridgehead atoms. The Morgan fingerprint density at radius 3 is 2.75 bits per heavy atom. The Labute approximate surface area is 87.2 Å². The Morgan fingerprint density at radius 1 is 1.58 bits per heavy atom. The maximum Gasteiger partial charge on any atom is 0.208 e. The van der Waals surface area contributed by atoms with Gasteiger partial charge in [0, 0.05) is 42.0 Å². The van der Waals surface area contributed by atoms with Crippen molar-refractivity contribution in [3.63, 3.8) is 0 Å². The average Bonchev–Trinajstić information content (AvgIpc) is 1.82. The highest BCUT2D eigenvalue weighted by molar-refractivity contribution is 14.1. The third-order valence-electron chi connectivity index (χ3n) is 1.75. The Balaban J connectivity index is 2.43. The number of piperidine rings is 1. The first-order valence-electron chi connectivity index (χ1n) is 3.85.